The summed E-state index contributed by atoms with van der Waals surface area (Å²) in [5, 5.41) is 11.3. The average Bonchev–Trinajstić information content (AvgIpc) is 3.30. The topological polar surface area (TPSA) is 89.1 Å². The molecule has 148 valence electrons. The van der Waals surface area contributed by atoms with Crippen LogP contribution in [0.2, 0.25) is 0 Å². The number of piperidine rings is 1. The number of aryl methyl sites for hydroxylation is 1. The van der Waals surface area contributed by atoms with Crippen molar-refractivity contribution in [3.63, 3.8) is 0 Å². The fraction of sp³-hybridized carbons (Fsp3) is 0.684. The molecule has 8 nitrogen and oxygen atoms in total. The van der Waals surface area contributed by atoms with Gasteiger partial charge in [0.05, 0.1) is 17.9 Å². The fourth-order valence-corrected chi connectivity index (χ4v) is 3.26. The molecule has 1 atom stereocenters. The minimum Gasteiger partial charge on any atom is -0.338 e. The van der Waals surface area contributed by atoms with E-state index in [2.05, 4.69) is 53.2 Å². The highest BCUT2D eigenvalue weighted by atomic mass is 16.5. The molecule has 1 saturated heterocycles. The quantitative estimate of drug-likeness (QED) is 0.865. The van der Waals surface area contributed by atoms with Crippen LogP contribution >= 0.6 is 0 Å². The number of nitrogens with one attached hydrogen (secondary N) is 1. The maximum Gasteiger partial charge on any atom is 0.243 e. The number of anilines is 1. The van der Waals surface area contributed by atoms with Gasteiger partial charge in [-0.25, -0.2) is 0 Å². The van der Waals surface area contributed by atoms with Crippen molar-refractivity contribution < 1.29 is 9.32 Å². The van der Waals surface area contributed by atoms with Crippen LogP contribution in [0.5, 0.6) is 0 Å². The summed E-state index contributed by atoms with van der Waals surface area (Å²) >= 11 is 0. The van der Waals surface area contributed by atoms with Crippen LogP contribution in [-0.2, 0) is 16.8 Å². The largest absolute Gasteiger partial charge is 0.338 e. The Morgan fingerprint density at radius 2 is 2.07 bits per heavy atom. The van der Waals surface area contributed by atoms with Crippen LogP contribution in [0.25, 0.3) is 0 Å². The molecule has 0 aliphatic carbocycles. The van der Waals surface area contributed by atoms with Crippen molar-refractivity contribution in [2.24, 2.45) is 5.92 Å². The normalized spacial score (nSPS) is 17.8. The first-order valence-electron chi connectivity index (χ1n) is 9.69. The van der Waals surface area contributed by atoms with Gasteiger partial charge in [0.15, 0.2) is 5.82 Å². The number of hydrogen-bond acceptors (Lipinski definition) is 6. The lowest BCUT2D eigenvalue weighted by Gasteiger charge is -2.33. The first kappa shape index (κ1) is 19.5. The van der Waals surface area contributed by atoms with E-state index in [1.54, 1.807) is 10.9 Å². The minimum atomic E-state index is -0.127. The van der Waals surface area contributed by atoms with E-state index >= 15 is 0 Å². The first-order chi connectivity index (χ1) is 12.8. The molecule has 1 N–H and O–H groups in total. The van der Waals surface area contributed by atoms with E-state index in [1.807, 2.05) is 13.1 Å². The molecule has 0 spiro atoms. The van der Waals surface area contributed by atoms with Crippen molar-refractivity contribution >= 4 is 11.6 Å². The molecule has 2 aromatic heterocycles. The summed E-state index contributed by atoms with van der Waals surface area (Å²) in [6.45, 7) is 12.8. The van der Waals surface area contributed by atoms with Crippen molar-refractivity contribution in [1.29, 1.82) is 0 Å². The first-order valence-corrected chi connectivity index (χ1v) is 9.69. The van der Waals surface area contributed by atoms with Crippen LogP contribution in [0.4, 0.5) is 5.69 Å². The van der Waals surface area contributed by atoms with E-state index in [0.717, 1.165) is 44.0 Å². The molecular weight excluding hydrogens is 344 g/mol. The van der Waals surface area contributed by atoms with Gasteiger partial charge in [0.25, 0.3) is 0 Å². The lowest BCUT2D eigenvalue weighted by molar-refractivity contribution is -0.121. The van der Waals surface area contributed by atoms with Crippen LogP contribution in [0.15, 0.2) is 16.9 Å². The number of likely N-dealkylation sites (tertiary alicyclic amines) is 1. The van der Waals surface area contributed by atoms with Gasteiger partial charge in [0.1, 0.15) is 0 Å². The highest BCUT2D eigenvalue weighted by Crippen LogP contribution is 2.28. The van der Waals surface area contributed by atoms with Crippen LogP contribution in [-0.4, -0.2) is 43.8 Å². The second-order valence-corrected chi connectivity index (χ2v) is 8.27. The van der Waals surface area contributed by atoms with Gasteiger partial charge < -0.3 is 9.84 Å². The zero-order valence-electron chi connectivity index (χ0n) is 16.9. The number of rotatable bonds is 5. The molecule has 8 heteroatoms. The second kappa shape index (κ2) is 7.80. The van der Waals surface area contributed by atoms with Gasteiger partial charge in [0, 0.05) is 24.1 Å². The smallest absolute Gasteiger partial charge is 0.243 e. The molecule has 0 bridgehead atoms. The molecular formula is C19H30N6O2. The SMILES string of the molecule is CCn1cc(NC(=O)C2CCN(C(C)c3nc(C(C)(C)C)no3)CC2)cn1. The highest BCUT2D eigenvalue weighted by Gasteiger charge is 2.31. The Bertz CT molecular complexity index is 767. The molecule has 0 aromatic carbocycles. The van der Waals surface area contributed by atoms with Gasteiger partial charge in [-0.05, 0) is 39.8 Å². The second-order valence-electron chi connectivity index (χ2n) is 8.27. The lowest BCUT2D eigenvalue weighted by Crippen LogP contribution is -2.39. The lowest BCUT2D eigenvalue weighted by atomic mass is 9.94. The average molecular weight is 374 g/mol. The van der Waals surface area contributed by atoms with Crippen molar-refractivity contribution in [2.45, 2.75) is 65.5 Å². The van der Waals surface area contributed by atoms with E-state index < -0.39 is 0 Å². The van der Waals surface area contributed by atoms with E-state index in [1.165, 1.54) is 0 Å². The molecule has 1 amide bonds. The Balaban J connectivity index is 1.53. The number of carbonyl (C=O) groups is 1. The van der Waals surface area contributed by atoms with Crippen LogP contribution in [0.1, 0.15) is 65.2 Å². The van der Waals surface area contributed by atoms with Gasteiger partial charge in [-0.1, -0.05) is 25.9 Å². The Morgan fingerprint density at radius 1 is 1.37 bits per heavy atom. The van der Waals surface area contributed by atoms with Gasteiger partial charge in [-0.2, -0.15) is 10.1 Å². The number of hydrogen-bond donors (Lipinski definition) is 1. The number of nitrogens with zero attached hydrogens (tertiary/aromatic N) is 5. The molecule has 1 fully saturated rings. The Labute approximate surface area is 160 Å². The highest BCUT2D eigenvalue weighted by molar-refractivity contribution is 5.92. The summed E-state index contributed by atoms with van der Waals surface area (Å²) in [7, 11) is 0. The third-order valence-electron chi connectivity index (χ3n) is 5.14. The van der Waals surface area contributed by atoms with Crippen molar-refractivity contribution in [1.82, 2.24) is 24.8 Å². The molecule has 3 heterocycles. The monoisotopic (exact) mass is 374 g/mol. The summed E-state index contributed by atoms with van der Waals surface area (Å²) in [5.41, 5.74) is 0.635. The predicted molar refractivity (Wildman–Crippen MR) is 102 cm³/mol. The maximum absolute atomic E-state index is 12.5. The molecule has 1 aliphatic heterocycles. The van der Waals surface area contributed by atoms with Crippen LogP contribution in [0, 0.1) is 5.92 Å². The van der Waals surface area contributed by atoms with Crippen molar-refractivity contribution in [3.8, 4) is 0 Å². The van der Waals surface area contributed by atoms with E-state index in [4.69, 9.17) is 4.52 Å². The number of aromatic nitrogens is 4. The summed E-state index contributed by atoms with van der Waals surface area (Å²) in [6, 6.07) is 0.0559. The summed E-state index contributed by atoms with van der Waals surface area (Å²) < 4.78 is 7.28. The minimum absolute atomic E-state index is 0.0197. The Morgan fingerprint density at radius 3 is 2.63 bits per heavy atom. The van der Waals surface area contributed by atoms with E-state index in [9.17, 15) is 4.79 Å². The summed E-state index contributed by atoms with van der Waals surface area (Å²) in [5.74, 6) is 1.47. The molecule has 3 rings (SSSR count). The van der Waals surface area contributed by atoms with Gasteiger partial charge in [0.2, 0.25) is 11.8 Å². The number of amides is 1. The van der Waals surface area contributed by atoms with E-state index in [0.29, 0.717) is 5.89 Å². The fourth-order valence-electron chi connectivity index (χ4n) is 3.26. The van der Waals surface area contributed by atoms with Gasteiger partial charge >= 0.3 is 0 Å². The molecule has 0 radical (unpaired) electrons. The Kier molecular flexibility index (Phi) is 5.64. The Hall–Kier alpha value is -2.22. The summed E-state index contributed by atoms with van der Waals surface area (Å²) in [6.07, 6.45) is 5.19. The molecule has 2 aromatic rings. The van der Waals surface area contributed by atoms with Crippen molar-refractivity contribution in [3.05, 3.63) is 24.1 Å². The van der Waals surface area contributed by atoms with Gasteiger partial charge in [-0.15, -0.1) is 0 Å². The zero-order valence-corrected chi connectivity index (χ0v) is 16.9. The van der Waals surface area contributed by atoms with Crippen molar-refractivity contribution in [2.75, 3.05) is 18.4 Å². The predicted octanol–water partition coefficient (Wildman–Crippen LogP) is 3.00. The van der Waals surface area contributed by atoms with E-state index in [-0.39, 0.29) is 23.3 Å². The maximum atomic E-state index is 12.5. The third-order valence-corrected chi connectivity index (χ3v) is 5.14. The van der Waals surface area contributed by atoms with Gasteiger partial charge in [-0.3, -0.25) is 14.4 Å². The summed E-state index contributed by atoms with van der Waals surface area (Å²) in [4.78, 5) is 19.4. The van der Waals surface area contributed by atoms with Crippen LogP contribution < -0.4 is 5.32 Å². The zero-order chi connectivity index (χ0) is 19.6. The molecule has 0 saturated carbocycles. The standard InChI is InChI=1S/C19H30N6O2/c1-6-25-12-15(11-20-25)21-16(26)14-7-9-24(10-8-14)13(2)17-22-18(23-27-17)19(3,4)5/h11-14H,6-10H2,1-5H3,(H,21,26). The molecule has 1 aliphatic rings. The van der Waals surface area contributed by atoms with Crippen LogP contribution in [0.3, 0.4) is 0 Å². The molecule has 27 heavy (non-hydrogen) atoms. The number of carbonyl (C=O) groups excluding carboxylic acids is 1. The third kappa shape index (κ3) is 4.55. The molecule has 1 unspecified atom stereocenters.